The fraction of sp³-hybridized carbons (Fsp3) is 1.00. The van der Waals surface area contributed by atoms with Crippen molar-refractivity contribution in [2.24, 2.45) is 5.92 Å². The molecule has 0 bridgehead atoms. The molecule has 1 N–H and O–H groups in total. The van der Waals surface area contributed by atoms with E-state index in [0.29, 0.717) is 11.7 Å². The lowest BCUT2D eigenvalue weighted by Gasteiger charge is -2.32. The summed E-state index contributed by atoms with van der Waals surface area (Å²) in [6.45, 7) is 7.29. The zero-order valence-electron chi connectivity index (χ0n) is 11.4. The van der Waals surface area contributed by atoms with E-state index in [4.69, 9.17) is 0 Å². The van der Waals surface area contributed by atoms with Crippen LogP contribution in [0.4, 0.5) is 0 Å². The summed E-state index contributed by atoms with van der Waals surface area (Å²) in [4.78, 5) is 0. The van der Waals surface area contributed by atoms with Crippen molar-refractivity contribution in [2.45, 2.75) is 64.2 Å². The van der Waals surface area contributed by atoms with Gasteiger partial charge in [-0.3, -0.25) is 0 Å². The van der Waals surface area contributed by atoms with Crippen molar-refractivity contribution in [3.8, 4) is 0 Å². The lowest BCUT2D eigenvalue weighted by molar-refractivity contribution is 0.365. The maximum absolute atomic E-state index is 12.1. The Balaban J connectivity index is 2.74. The van der Waals surface area contributed by atoms with Gasteiger partial charge in [-0.05, 0) is 31.7 Å². The highest BCUT2D eigenvalue weighted by molar-refractivity contribution is 7.92. The van der Waals surface area contributed by atoms with Gasteiger partial charge in [0.15, 0.2) is 9.84 Å². The van der Waals surface area contributed by atoms with E-state index >= 15 is 0 Å². The molecule has 0 radical (unpaired) electrons. The molecule has 3 nitrogen and oxygen atoms in total. The first kappa shape index (κ1) is 15.0. The standard InChI is InChI=1S/C13H27NO2S/c1-4-11(3)10-12(14-5-2)13-8-6-7-9-17(13,15)16/h11-14H,4-10H2,1-3H3. The number of rotatable bonds is 6. The van der Waals surface area contributed by atoms with Crippen LogP contribution in [0.3, 0.4) is 0 Å². The number of nitrogens with one attached hydrogen (secondary N) is 1. The van der Waals surface area contributed by atoms with Gasteiger partial charge in [0.1, 0.15) is 0 Å². The first-order chi connectivity index (χ1) is 8.01. The van der Waals surface area contributed by atoms with Crippen molar-refractivity contribution in [1.29, 1.82) is 0 Å². The smallest absolute Gasteiger partial charge is 0.154 e. The molecule has 0 amide bonds. The van der Waals surface area contributed by atoms with E-state index < -0.39 is 9.84 Å². The Bertz CT molecular complexity index is 313. The molecule has 4 heteroatoms. The third kappa shape index (κ3) is 4.25. The van der Waals surface area contributed by atoms with Gasteiger partial charge in [-0.25, -0.2) is 8.42 Å². The molecule has 102 valence electrons. The third-order valence-electron chi connectivity index (χ3n) is 3.90. The van der Waals surface area contributed by atoms with Gasteiger partial charge in [0.05, 0.1) is 11.0 Å². The van der Waals surface area contributed by atoms with Crippen molar-refractivity contribution in [2.75, 3.05) is 12.3 Å². The van der Waals surface area contributed by atoms with Crippen LogP contribution in [0, 0.1) is 5.92 Å². The lowest BCUT2D eigenvalue weighted by Crippen LogP contribution is -2.47. The van der Waals surface area contributed by atoms with Gasteiger partial charge in [-0.2, -0.15) is 0 Å². The first-order valence-electron chi connectivity index (χ1n) is 6.96. The summed E-state index contributed by atoms with van der Waals surface area (Å²) in [5.41, 5.74) is 0. The molecule has 0 spiro atoms. The summed E-state index contributed by atoms with van der Waals surface area (Å²) in [5.74, 6) is 0.983. The predicted molar refractivity (Wildman–Crippen MR) is 73.0 cm³/mol. The second-order valence-corrected chi connectivity index (χ2v) is 7.65. The minimum absolute atomic E-state index is 0.148. The van der Waals surface area contributed by atoms with Gasteiger partial charge >= 0.3 is 0 Å². The molecule has 1 fully saturated rings. The summed E-state index contributed by atoms with van der Waals surface area (Å²) in [6, 6.07) is 0.153. The van der Waals surface area contributed by atoms with Gasteiger partial charge in [0.25, 0.3) is 0 Å². The van der Waals surface area contributed by atoms with Crippen LogP contribution in [0.5, 0.6) is 0 Å². The average molecular weight is 261 g/mol. The molecule has 3 unspecified atom stereocenters. The van der Waals surface area contributed by atoms with Crippen LogP contribution in [-0.2, 0) is 9.84 Å². The largest absolute Gasteiger partial charge is 0.313 e. The average Bonchev–Trinajstić information content (AvgIpc) is 2.28. The molecule has 0 aliphatic carbocycles. The monoisotopic (exact) mass is 261 g/mol. The van der Waals surface area contributed by atoms with E-state index in [1.165, 1.54) is 0 Å². The quantitative estimate of drug-likeness (QED) is 0.798. The van der Waals surface area contributed by atoms with Crippen LogP contribution >= 0.6 is 0 Å². The summed E-state index contributed by atoms with van der Waals surface area (Å²) >= 11 is 0. The van der Waals surface area contributed by atoms with Gasteiger partial charge in [-0.1, -0.05) is 33.6 Å². The van der Waals surface area contributed by atoms with E-state index in [2.05, 4.69) is 26.1 Å². The number of hydrogen-bond donors (Lipinski definition) is 1. The molecular formula is C13H27NO2S. The SMILES string of the molecule is CCNC(CC(C)CC)C1CCCCS1(=O)=O. The molecule has 1 saturated heterocycles. The van der Waals surface area contributed by atoms with Crippen molar-refractivity contribution >= 4 is 9.84 Å². The minimum Gasteiger partial charge on any atom is -0.313 e. The normalized spacial score (nSPS) is 27.6. The molecule has 17 heavy (non-hydrogen) atoms. The number of hydrogen-bond acceptors (Lipinski definition) is 3. The summed E-state index contributed by atoms with van der Waals surface area (Å²) < 4.78 is 24.3. The second kappa shape index (κ2) is 6.74. The Morgan fingerprint density at radius 2 is 2.00 bits per heavy atom. The molecular weight excluding hydrogens is 234 g/mol. The first-order valence-corrected chi connectivity index (χ1v) is 8.67. The second-order valence-electron chi connectivity index (χ2n) is 5.31. The summed E-state index contributed by atoms with van der Waals surface area (Å²) in [7, 11) is -2.86. The van der Waals surface area contributed by atoms with Crippen molar-refractivity contribution in [1.82, 2.24) is 5.32 Å². The fourth-order valence-corrected chi connectivity index (χ4v) is 4.80. The Hall–Kier alpha value is -0.0900. The van der Waals surface area contributed by atoms with Crippen LogP contribution < -0.4 is 5.32 Å². The van der Waals surface area contributed by atoms with Crippen molar-refractivity contribution in [3.63, 3.8) is 0 Å². The van der Waals surface area contributed by atoms with Crippen LogP contribution in [0.25, 0.3) is 0 Å². The van der Waals surface area contributed by atoms with Gasteiger partial charge in [0.2, 0.25) is 0 Å². The molecule has 0 aromatic carbocycles. The Kier molecular flexibility index (Phi) is 5.93. The zero-order chi connectivity index (χ0) is 12.9. The highest BCUT2D eigenvalue weighted by Gasteiger charge is 2.35. The van der Waals surface area contributed by atoms with E-state index in [-0.39, 0.29) is 11.3 Å². The van der Waals surface area contributed by atoms with E-state index in [0.717, 1.165) is 38.6 Å². The van der Waals surface area contributed by atoms with E-state index in [1.807, 2.05) is 0 Å². The topological polar surface area (TPSA) is 46.2 Å². The molecule has 1 aliphatic heterocycles. The fourth-order valence-electron chi connectivity index (χ4n) is 2.66. The maximum Gasteiger partial charge on any atom is 0.154 e. The molecule has 1 heterocycles. The van der Waals surface area contributed by atoms with Crippen LogP contribution in [-0.4, -0.2) is 32.0 Å². The maximum atomic E-state index is 12.1. The zero-order valence-corrected chi connectivity index (χ0v) is 12.2. The molecule has 1 aliphatic rings. The summed E-state index contributed by atoms with van der Waals surface area (Å²) in [5, 5.41) is 3.25. The highest BCUT2D eigenvalue weighted by atomic mass is 32.2. The third-order valence-corrected chi connectivity index (χ3v) is 6.24. The summed E-state index contributed by atoms with van der Waals surface area (Å²) in [6.07, 6.45) is 4.85. The molecule has 0 saturated carbocycles. The van der Waals surface area contributed by atoms with Gasteiger partial charge in [0, 0.05) is 6.04 Å². The lowest BCUT2D eigenvalue weighted by atomic mass is 9.95. The molecule has 3 atom stereocenters. The molecule has 0 aromatic heterocycles. The highest BCUT2D eigenvalue weighted by Crippen LogP contribution is 2.26. The molecule has 0 aromatic rings. The number of sulfone groups is 1. The van der Waals surface area contributed by atoms with Gasteiger partial charge < -0.3 is 5.32 Å². The molecule has 1 rings (SSSR count). The van der Waals surface area contributed by atoms with Crippen molar-refractivity contribution in [3.05, 3.63) is 0 Å². The van der Waals surface area contributed by atoms with Gasteiger partial charge in [-0.15, -0.1) is 0 Å². The van der Waals surface area contributed by atoms with Crippen LogP contribution in [0.2, 0.25) is 0 Å². The predicted octanol–water partition coefficient (Wildman–Crippen LogP) is 2.37. The Morgan fingerprint density at radius 1 is 1.29 bits per heavy atom. The van der Waals surface area contributed by atoms with Crippen LogP contribution in [0.15, 0.2) is 0 Å². The Morgan fingerprint density at radius 3 is 2.53 bits per heavy atom. The van der Waals surface area contributed by atoms with E-state index in [1.54, 1.807) is 0 Å². The van der Waals surface area contributed by atoms with E-state index in [9.17, 15) is 8.42 Å². The van der Waals surface area contributed by atoms with Crippen LogP contribution in [0.1, 0.15) is 52.9 Å². The van der Waals surface area contributed by atoms with Crippen molar-refractivity contribution < 1.29 is 8.42 Å². The Labute approximate surface area is 106 Å². The minimum atomic E-state index is -2.86.